The number of likely N-dealkylation sites (tertiary alicyclic amines) is 1. The number of carbonyl (C=O) groups is 1. The Bertz CT molecular complexity index is 705. The van der Waals surface area contributed by atoms with Crippen LogP contribution < -0.4 is 9.47 Å². The molecule has 2 heterocycles. The van der Waals surface area contributed by atoms with Gasteiger partial charge >= 0.3 is 0 Å². The van der Waals surface area contributed by atoms with Crippen molar-refractivity contribution in [2.75, 3.05) is 26.8 Å². The number of nitrogens with zero attached hydrogens (tertiary/aromatic N) is 2. The first-order valence-corrected chi connectivity index (χ1v) is 9.18. The average molecular weight is 354 g/mol. The third-order valence-corrected chi connectivity index (χ3v) is 4.75. The zero-order valence-electron chi connectivity index (χ0n) is 15.3. The van der Waals surface area contributed by atoms with Gasteiger partial charge in [-0.1, -0.05) is 12.1 Å². The molecular weight excluding hydrogens is 328 g/mol. The van der Waals surface area contributed by atoms with E-state index in [0.717, 1.165) is 49.4 Å². The predicted octanol–water partition coefficient (Wildman–Crippen LogP) is 3.34. The predicted molar refractivity (Wildman–Crippen MR) is 100 cm³/mol. The smallest absolute Gasteiger partial charge is 0.222 e. The number of methoxy groups -OCH3 is 1. The second kappa shape index (κ2) is 9.22. The van der Waals surface area contributed by atoms with E-state index in [9.17, 15) is 4.79 Å². The van der Waals surface area contributed by atoms with Crippen LogP contribution in [-0.4, -0.2) is 42.6 Å². The maximum Gasteiger partial charge on any atom is 0.222 e. The van der Waals surface area contributed by atoms with Crippen molar-refractivity contribution in [3.8, 4) is 11.5 Å². The van der Waals surface area contributed by atoms with Gasteiger partial charge in [-0.15, -0.1) is 0 Å². The molecule has 0 bridgehead atoms. The van der Waals surface area contributed by atoms with E-state index in [1.54, 1.807) is 13.3 Å². The molecule has 1 aromatic carbocycles. The molecule has 0 spiro atoms. The zero-order chi connectivity index (χ0) is 18.2. The van der Waals surface area contributed by atoms with Crippen molar-refractivity contribution in [2.45, 2.75) is 25.7 Å². The summed E-state index contributed by atoms with van der Waals surface area (Å²) < 4.78 is 11.1. The van der Waals surface area contributed by atoms with Gasteiger partial charge < -0.3 is 14.4 Å². The van der Waals surface area contributed by atoms with Crippen molar-refractivity contribution in [1.29, 1.82) is 0 Å². The summed E-state index contributed by atoms with van der Waals surface area (Å²) in [6.45, 7) is 2.25. The van der Waals surface area contributed by atoms with E-state index in [1.165, 1.54) is 0 Å². The highest BCUT2D eigenvalue weighted by Gasteiger charge is 2.24. The molecule has 5 heteroatoms. The second-order valence-corrected chi connectivity index (χ2v) is 6.70. The number of aryl methyl sites for hydroxylation is 1. The fraction of sp³-hybridized carbons (Fsp3) is 0.429. The minimum atomic E-state index is 0.222. The number of ether oxygens (including phenoxy) is 2. The van der Waals surface area contributed by atoms with Gasteiger partial charge in [0.2, 0.25) is 5.91 Å². The van der Waals surface area contributed by atoms with Crippen molar-refractivity contribution < 1.29 is 14.3 Å². The van der Waals surface area contributed by atoms with E-state index >= 15 is 0 Å². The molecule has 5 nitrogen and oxygen atoms in total. The number of pyridine rings is 1. The van der Waals surface area contributed by atoms with E-state index in [4.69, 9.17) is 9.47 Å². The molecule has 1 saturated heterocycles. The van der Waals surface area contributed by atoms with Crippen LogP contribution in [0.2, 0.25) is 0 Å². The molecule has 0 radical (unpaired) electrons. The van der Waals surface area contributed by atoms with Gasteiger partial charge in [0.1, 0.15) is 11.5 Å². The van der Waals surface area contributed by atoms with Crippen molar-refractivity contribution >= 4 is 5.91 Å². The number of amides is 1. The van der Waals surface area contributed by atoms with Crippen LogP contribution in [0.4, 0.5) is 0 Å². The normalized spacial score (nSPS) is 17.0. The summed E-state index contributed by atoms with van der Waals surface area (Å²) in [4.78, 5) is 18.6. The Labute approximate surface area is 155 Å². The minimum absolute atomic E-state index is 0.222. The molecule has 1 aliphatic rings. The molecule has 1 aromatic heterocycles. The second-order valence-electron chi connectivity index (χ2n) is 6.70. The number of aromatic nitrogens is 1. The Morgan fingerprint density at radius 1 is 1.27 bits per heavy atom. The molecule has 0 saturated carbocycles. The van der Waals surface area contributed by atoms with Gasteiger partial charge in [-0.3, -0.25) is 9.78 Å². The van der Waals surface area contributed by atoms with Crippen LogP contribution in [0.25, 0.3) is 0 Å². The fourth-order valence-electron chi connectivity index (χ4n) is 3.29. The molecule has 1 fully saturated rings. The first-order chi connectivity index (χ1) is 12.7. The Hall–Kier alpha value is -2.56. The van der Waals surface area contributed by atoms with Crippen LogP contribution in [0.1, 0.15) is 24.8 Å². The van der Waals surface area contributed by atoms with Crippen molar-refractivity contribution in [3.63, 3.8) is 0 Å². The zero-order valence-corrected chi connectivity index (χ0v) is 15.3. The van der Waals surface area contributed by atoms with Gasteiger partial charge in [-0.25, -0.2) is 0 Å². The highest BCUT2D eigenvalue weighted by atomic mass is 16.5. The van der Waals surface area contributed by atoms with Crippen LogP contribution >= 0.6 is 0 Å². The lowest BCUT2D eigenvalue weighted by Gasteiger charge is -2.32. The molecule has 1 amide bonds. The standard InChI is InChI=1S/C21H26N2O3/c1-25-19-7-2-8-20(13-19)26-16-18-6-4-12-23(15-18)21(24)10-9-17-5-3-11-22-14-17/h2-3,5,7-8,11,13-14,18H,4,6,9-10,12,15-16H2,1H3. The summed E-state index contributed by atoms with van der Waals surface area (Å²) in [6, 6.07) is 11.6. The summed E-state index contributed by atoms with van der Waals surface area (Å²) in [5.41, 5.74) is 1.11. The van der Waals surface area contributed by atoms with E-state index < -0.39 is 0 Å². The monoisotopic (exact) mass is 354 g/mol. The summed E-state index contributed by atoms with van der Waals surface area (Å²) in [5, 5.41) is 0. The van der Waals surface area contributed by atoms with E-state index in [0.29, 0.717) is 18.9 Å². The molecule has 1 atom stereocenters. The van der Waals surface area contributed by atoms with Gasteiger partial charge in [0.25, 0.3) is 0 Å². The van der Waals surface area contributed by atoms with Crippen LogP contribution in [0, 0.1) is 5.92 Å². The SMILES string of the molecule is COc1cccc(OCC2CCCN(C(=O)CCc3cccnc3)C2)c1. The summed E-state index contributed by atoms with van der Waals surface area (Å²) >= 11 is 0. The Balaban J connectivity index is 1.46. The molecular formula is C21H26N2O3. The maximum absolute atomic E-state index is 12.5. The number of benzene rings is 1. The molecule has 1 aliphatic heterocycles. The molecule has 2 aromatic rings. The Morgan fingerprint density at radius 2 is 2.15 bits per heavy atom. The number of carbonyl (C=O) groups excluding carboxylic acids is 1. The van der Waals surface area contributed by atoms with Crippen LogP contribution in [0.5, 0.6) is 11.5 Å². The number of piperidine rings is 1. The quantitative estimate of drug-likeness (QED) is 0.765. The van der Waals surface area contributed by atoms with Crippen molar-refractivity contribution in [3.05, 3.63) is 54.4 Å². The van der Waals surface area contributed by atoms with Gasteiger partial charge in [-0.2, -0.15) is 0 Å². The number of hydrogen-bond acceptors (Lipinski definition) is 4. The molecule has 0 N–H and O–H groups in total. The fourth-order valence-corrected chi connectivity index (χ4v) is 3.29. The topological polar surface area (TPSA) is 51.7 Å². The van der Waals surface area contributed by atoms with E-state index in [1.807, 2.05) is 47.5 Å². The van der Waals surface area contributed by atoms with Crippen molar-refractivity contribution in [2.24, 2.45) is 5.92 Å². The van der Waals surface area contributed by atoms with Gasteiger partial charge in [0.05, 0.1) is 13.7 Å². The van der Waals surface area contributed by atoms with Gasteiger partial charge in [-0.05, 0) is 43.0 Å². The summed E-state index contributed by atoms with van der Waals surface area (Å²) in [7, 11) is 1.65. The average Bonchev–Trinajstić information content (AvgIpc) is 2.71. The van der Waals surface area contributed by atoms with Gasteiger partial charge in [0.15, 0.2) is 0 Å². The van der Waals surface area contributed by atoms with Crippen LogP contribution in [0.15, 0.2) is 48.8 Å². The van der Waals surface area contributed by atoms with E-state index in [2.05, 4.69) is 4.98 Å². The lowest BCUT2D eigenvalue weighted by atomic mass is 9.98. The lowest BCUT2D eigenvalue weighted by molar-refractivity contribution is -0.133. The minimum Gasteiger partial charge on any atom is -0.497 e. The molecule has 1 unspecified atom stereocenters. The van der Waals surface area contributed by atoms with Crippen LogP contribution in [0.3, 0.4) is 0 Å². The van der Waals surface area contributed by atoms with Gasteiger partial charge in [0, 0.05) is 43.9 Å². The van der Waals surface area contributed by atoms with E-state index in [-0.39, 0.29) is 5.91 Å². The molecule has 26 heavy (non-hydrogen) atoms. The molecule has 0 aliphatic carbocycles. The maximum atomic E-state index is 12.5. The third kappa shape index (κ3) is 5.22. The highest BCUT2D eigenvalue weighted by Crippen LogP contribution is 2.22. The Kier molecular flexibility index (Phi) is 6.47. The largest absolute Gasteiger partial charge is 0.497 e. The van der Waals surface area contributed by atoms with Crippen LogP contribution in [-0.2, 0) is 11.2 Å². The summed E-state index contributed by atoms with van der Waals surface area (Å²) in [5.74, 6) is 2.19. The number of rotatable bonds is 7. The van der Waals surface area contributed by atoms with Crippen molar-refractivity contribution in [1.82, 2.24) is 9.88 Å². The molecule has 3 rings (SSSR count). The summed E-state index contributed by atoms with van der Waals surface area (Å²) in [6.07, 6.45) is 6.99. The Morgan fingerprint density at radius 3 is 2.96 bits per heavy atom. The molecule has 138 valence electrons. The third-order valence-electron chi connectivity index (χ3n) is 4.75. The first kappa shape index (κ1) is 18.2. The lowest BCUT2D eigenvalue weighted by Crippen LogP contribution is -2.41. The highest BCUT2D eigenvalue weighted by molar-refractivity contribution is 5.76. The number of hydrogen-bond donors (Lipinski definition) is 0. The first-order valence-electron chi connectivity index (χ1n) is 9.18.